The Bertz CT molecular complexity index is 959. The molecule has 0 radical (unpaired) electrons. The number of nitrogens with zero attached hydrogens (tertiary/aromatic N) is 6. The van der Waals surface area contributed by atoms with E-state index in [1.807, 2.05) is 20.8 Å². The van der Waals surface area contributed by atoms with Crippen LogP contribution < -0.4 is 10.6 Å². The minimum atomic E-state index is -0.552. The first-order valence-electron chi connectivity index (χ1n) is 10.5. The number of nitrogen functional groups attached to an aromatic ring is 1. The van der Waals surface area contributed by atoms with E-state index in [4.69, 9.17) is 25.2 Å². The predicted molar refractivity (Wildman–Crippen MR) is 115 cm³/mol. The second kappa shape index (κ2) is 8.26. The summed E-state index contributed by atoms with van der Waals surface area (Å²) in [7, 11) is 0. The molecule has 31 heavy (non-hydrogen) atoms. The number of morpholine rings is 1. The maximum Gasteiger partial charge on any atom is 0.410 e. The van der Waals surface area contributed by atoms with E-state index in [1.54, 1.807) is 17.3 Å². The van der Waals surface area contributed by atoms with Gasteiger partial charge in [-0.05, 0) is 34.1 Å². The number of aromatic nitrogens is 4. The summed E-state index contributed by atoms with van der Waals surface area (Å²) in [6.07, 6.45) is 3.55. The summed E-state index contributed by atoms with van der Waals surface area (Å²) in [4.78, 5) is 34.4. The van der Waals surface area contributed by atoms with E-state index < -0.39 is 5.60 Å². The van der Waals surface area contributed by atoms with Crippen LogP contribution in [0.5, 0.6) is 0 Å². The molecule has 10 heteroatoms. The van der Waals surface area contributed by atoms with Crippen molar-refractivity contribution in [2.24, 2.45) is 0 Å². The van der Waals surface area contributed by atoms with Gasteiger partial charge in [0.25, 0.3) is 0 Å². The quantitative estimate of drug-likeness (QED) is 0.767. The van der Waals surface area contributed by atoms with Crippen LogP contribution in [0, 0.1) is 0 Å². The molecule has 0 unspecified atom stereocenters. The molecule has 4 rings (SSSR count). The van der Waals surface area contributed by atoms with Crippen LogP contribution in [0.2, 0.25) is 0 Å². The molecule has 0 bridgehead atoms. The number of nitrogens with two attached hydrogens (primary N) is 1. The van der Waals surface area contributed by atoms with Gasteiger partial charge in [0.2, 0.25) is 5.95 Å². The summed E-state index contributed by atoms with van der Waals surface area (Å²) >= 11 is 0. The van der Waals surface area contributed by atoms with E-state index in [9.17, 15) is 4.79 Å². The van der Waals surface area contributed by atoms with Crippen molar-refractivity contribution in [1.82, 2.24) is 24.8 Å². The number of carbonyl (C=O) groups is 1. The number of anilines is 2. The SMILES string of the molecule is C[C@H]1COCCN1c1nc(-c2cnc(N)nc2)nc2c1CCN(C(=O)OC(C)(C)C)C2. The average molecular weight is 428 g/mol. The lowest BCUT2D eigenvalue weighted by Crippen LogP contribution is -2.46. The molecule has 0 spiro atoms. The fourth-order valence-corrected chi connectivity index (χ4v) is 3.75. The molecular formula is C21H29N7O3. The molecule has 4 heterocycles. The van der Waals surface area contributed by atoms with Crippen LogP contribution in [0.4, 0.5) is 16.6 Å². The molecule has 2 aliphatic heterocycles. The molecule has 2 aliphatic rings. The normalized spacial score (nSPS) is 19.2. The molecule has 0 aromatic carbocycles. The molecule has 1 amide bonds. The Kier molecular flexibility index (Phi) is 5.65. The van der Waals surface area contributed by atoms with Gasteiger partial charge < -0.3 is 25.0 Å². The minimum Gasteiger partial charge on any atom is -0.444 e. The van der Waals surface area contributed by atoms with Gasteiger partial charge in [-0.25, -0.2) is 24.7 Å². The smallest absolute Gasteiger partial charge is 0.410 e. The van der Waals surface area contributed by atoms with E-state index in [2.05, 4.69) is 21.8 Å². The van der Waals surface area contributed by atoms with E-state index in [-0.39, 0.29) is 18.1 Å². The van der Waals surface area contributed by atoms with Crippen molar-refractivity contribution in [1.29, 1.82) is 0 Å². The summed E-state index contributed by atoms with van der Waals surface area (Å²) in [5, 5.41) is 0. The van der Waals surface area contributed by atoms with Crippen molar-refractivity contribution >= 4 is 17.9 Å². The fraction of sp³-hybridized carbons (Fsp3) is 0.571. The van der Waals surface area contributed by atoms with Gasteiger partial charge in [0, 0.05) is 31.0 Å². The predicted octanol–water partition coefficient (Wildman–Crippen LogP) is 2.03. The summed E-state index contributed by atoms with van der Waals surface area (Å²) in [6.45, 7) is 10.7. The Morgan fingerprint density at radius 1 is 1.23 bits per heavy atom. The largest absolute Gasteiger partial charge is 0.444 e. The van der Waals surface area contributed by atoms with E-state index in [0.29, 0.717) is 44.1 Å². The Morgan fingerprint density at radius 2 is 1.97 bits per heavy atom. The van der Waals surface area contributed by atoms with Crippen molar-refractivity contribution in [3.63, 3.8) is 0 Å². The van der Waals surface area contributed by atoms with Gasteiger partial charge in [-0.2, -0.15) is 0 Å². The molecule has 166 valence electrons. The molecular weight excluding hydrogens is 398 g/mol. The van der Waals surface area contributed by atoms with Crippen LogP contribution in [0.1, 0.15) is 39.0 Å². The molecule has 1 saturated heterocycles. The number of carbonyl (C=O) groups excluding carboxylic acids is 1. The number of fused-ring (bicyclic) bond motifs is 1. The van der Waals surface area contributed by atoms with Crippen molar-refractivity contribution in [2.45, 2.75) is 52.3 Å². The topological polar surface area (TPSA) is 120 Å². The highest BCUT2D eigenvalue weighted by Crippen LogP contribution is 2.31. The molecule has 0 saturated carbocycles. The Hall–Kier alpha value is -3.01. The maximum atomic E-state index is 12.7. The van der Waals surface area contributed by atoms with Crippen LogP contribution in [-0.2, 0) is 22.4 Å². The first-order chi connectivity index (χ1) is 14.7. The van der Waals surface area contributed by atoms with Crippen LogP contribution >= 0.6 is 0 Å². The zero-order valence-electron chi connectivity index (χ0n) is 18.5. The first kappa shape index (κ1) is 21.2. The summed E-state index contributed by atoms with van der Waals surface area (Å²) in [6, 6.07) is 0.187. The van der Waals surface area contributed by atoms with Crippen molar-refractivity contribution in [2.75, 3.05) is 36.9 Å². The number of rotatable bonds is 2. The van der Waals surface area contributed by atoms with Gasteiger partial charge in [0.05, 0.1) is 37.1 Å². The average Bonchev–Trinajstić information content (AvgIpc) is 2.72. The number of amides is 1. The van der Waals surface area contributed by atoms with E-state index in [1.165, 1.54) is 0 Å². The molecule has 2 aromatic heterocycles. The van der Waals surface area contributed by atoms with Gasteiger partial charge in [-0.3, -0.25) is 0 Å². The summed E-state index contributed by atoms with van der Waals surface area (Å²) in [5.74, 6) is 1.59. The summed E-state index contributed by atoms with van der Waals surface area (Å²) < 4.78 is 11.2. The third kappa shape index (κ3) is 4.68. The minimum absolute atomic E-state index is 0.187. The van der Waals surface area contributed by atoms with Crippen LogP contribution in [0.15, 0.2) is 12.4 Å². The number of hydrogen-bond acceptors (Lipinski definition) is 9. The lowest BCUT2D eigenvalue weighted by molar-refractivity contribution is 0.0220. The monoisotopic (exact) mass is 427 g/mol. The zero-order chi connectivity index (χ0) is 22.2. The van der Waals surface area contributed by atoms with Gasteiger partial charge in [0.1, 0.15) is 11.4 Å². The number of hydrogen-bond donors (Lipinski definition) is 1. The van der Waals surface area contributed by atoms with Gasteiger partial charge in [-0.1, -0.05) is 0 Å². The highest BCUT2D eigenvalue weighted by Gasteiger charge is 2.32. The van der Waals surface area contributed by atoms with E-state index in [0.717, 1.165) is 23.6 Å². The highest BCUT2D eigenvalue weighted by molar-refractivity contribution is 5.69. The van der Waals surface area contributed by atoms with Gasteiger partial charge >= 0.3 is 6.09 Å². The third-order valence-electron chi connectivity index (χ3n) is 5.26. The second-order valence-corrected chi connectivity index (χ2v) is 8.90. The maximum absolute atomic E-state index is 12.7. The van der Waals surface area contributed by atoms with Crippen molar-refractivity contribution in [3.05, 3.63) is 23.7 Å². The first-order valence-corrected chi connectivity index (χ1v) is 10.5. The highest BCUT2D eigenvalue weighted by atomic mass is 16.6. The zero-order valence-corrected chi connectivity index (χ0v) is 18.5. The molecule has 0 aliphatic carbocycles. The second-order valence-electron chi connectivity index (χ2n) is 8.90. The Balaban J connectivity index is 1.73. The molecule has 1 atom stereocenters. The van der Waals surface area contributed by atoms with E-state index >= 15 is 0 Å². The molecule has 2 aromatic rings. The molecule has 2 N–H and O–H groups in total. The van der Waals surface area contributed by atoms with Crippen LogP contribution in [0.3, 0.4) is 0 Å². The lowest BCUT2D eigenvalue weighted by atomic mass is 10.0. The van der Waals surface area contributed by atoms with Crippen LogP contribution in [-0.4, -0.2) is 68.9 Å². The molecule has 10 nitrogen and oxygen atoms in total. The van der Waals surface area contributed by atoms with Gasteiger partial charge in [0.15, 0.2) is 5.82 Å². The fourth-order valence-electron chi connectivity index (χ4n) is 3.75. The summed E-state index contributed by atoms with van der Waals surface area (Å²) in [5.41, 5.74) is 7.64. The molecule has 1 fully saturated rings. The van der Waals surface area contributed by atoms with Crippen molar-refractivity contribution < 1.29 is 14.3 Å². The van der Waals surface area contributed by atoms with Crippen molar-refractivity contribution in [3.8, 4) is 11.4 Å². The Morgan fingerprint density at radius 3 is 2.65 bits per heavy atom. The van der Waals surface area contributed by atoms with Gasteiger partial charge in [-0.15, -0.1) is 0 Å². The third-order valence-corrected chi connectivity index (χ3v) is 5.26. The Labute approximate surface area is 181 Å². The number of ether oxygens (including phenoxy) is 2. The lowest BCUT2D eigenvalue weighted by Gasteiger charge is -2.38. The standard InChI is InChI=1S/C21H29N7O3/c1-13-12-30-8-7-28(13)18-15-5-6-27(20(29)31-21(2,3)4)11-16(15)25-17(26-18)14-9-23-19(22)24-10-14/h9-10,13H,5-8,11-12H2,1-4H3,(H2,22,23,24)/t13-/m0/s1. The van der Waals surface area contributed by atoms with Crippen LogP contribution in [0.25, 0.3) is 11.4 Å².